The van der Waals surface area contributed by atoms with Gasteiger partial charge >= 0.3 is 0 Å². The van der Waals surface area contributed by atoms with E-state index in [-0.39, 0.29) is 17.5 Å². The summed E-state index contributed by atoms with van der Waals surface area (Å²) in [7, 11) is -2.82. The van der Waals surface area contributed by atoms with Crippen molar-refractivity contribution in [3.8, 4) is 0 Å². The van der Waals surface area contributed by atoms with Crippen LogP contribution < -0.4 is 5.32 Å². The van der Waals surface area contributed by atoms with Crippen LogP contribution in [-0.4, -0.2) is 38.4 Å². The topological polar surface area (TPSA) is 46.2 Å². The SMILES string of the molecule is CCS(=O)(=O)CCCNC(CCl)C(C)C. The molecule has 0 aliphatic rings. The van der Waals surface area contributed by atoms with Crippen molar-refractivity contribution in [1.29, 1.82) is 0 Å². The molecule has 0 fully saturated rings. The second-order valence-electron chi connectivity index (χ2n) is 4.05. The van der Waals surface area contributed by atoms with Crippen molar-refractivity contribution in [3.63, 3.8) is 0 Å². The Kier molecular flexibility index (Phi) is 7.57. The van der Waals surface area contributed by atoms with Crippen molar-refractivity contribution >= 4 is 21.4 Å². The predicted octanol–water partition coefficient (Wildman–Crippen LogP) is 1.66. The largest absolute Gasteiger partial charge is 0.313 e. The Morgan fingerprint density at radius 2 is 1.93 bits per heavy atom. The first-order valence-electron chi connectivity index (χ1n) is 5.42. The Morgan fingerprint density at radius 3 is 2.33 bits per heavy atom. The summed E-state index contributed by atoms with van der Waals surface area (Å²) in [6, 6.07) is 0.274. The molecule has 1 atom stereocenters. The number of hydrogen-bond donors (Lipinski definition) is 1. The first-order valence-corrected chi connectivity index (χ1v) is 7.78. The molecule has 0 aliphatic heterocycles. The normalized spacial score (nSPS) is 14.5. The van der Waals surface area contributed by atoms with Gasteiger partial charge in [0.1, 0.15) is 9.84 Å². The molecule has 5 heteroatoms. The van der Waals surface area contributed by atoms with Crippen LogP contribution in [0.25, 0.3) is 0 Å². The highest BCUT2D eigenvalue weighted by molar-refractivity contribution is 7.91. The number of sulfone groups is 1. The molecule has 0 aliphatic carbocycles. The van der Waals surface area contributed by atoms with Gasteiger partial charge in [0, 0.05) is 17.7 Å². The molecule has 92 valence electrons. The molecule has 0 amide bonds. The van der Waals surface area contributed by atoms with Gasteiger partial charge in [-0.05, 0) is 18.9 Å². The molecular weight excluding hydrogens is 234 g/mol. The second-order valence-corrected chi connectivity index (χ2v) is 6.83. The number of rotatable bonds is 8. The second kappa shape index (κ2) is 7.47. The molecule has 1 N–H and O–H groups in total. The fourth-order valence-electron chi connectivity index (χ4n) is 1.19. The lowest BCUT2D eigenvalue weighted by Gasteiger charge is -2.19. The first-order chi connectivity index (χ1) is 6.93. The van der Waals surface area contributed by atoms with Crippen LogP contribution in [-0.2, 0) is 9.84 Å². The minimum absolute atomic E-state index is 0.232. The average molecular weight is 256 g/mol. The van der Waals surface area contributed by atoms with Crippen LogP contribution in [0.1, 0.15) is 27.2 Å². The van der Waals surface area contributed by atoms with E-state index in [9.17, 15) is 8.42 Å². The summed E-state index contributed by atoms with van der Waals surface area (Å²) in [5.74, 6) is 1.54. The zero-order valence-corrected chi connectivity index (χ0v) is 11.4. The van der Waals surface area contributed by atoms with Crippen LogP contribution in [0.5, 0.6) is 0 Å². The third-order valence-electron chi connectivity index (χ3n) is 2.45. The molecule has 0 heterocycles. The van der Waals surface area contributed by atoms with Gasteiger partial charge in [0.25, 0.3) is 0 Å². The van der Waals surface area contributed by atoms with Crippen molar-refractivity contribution in [1.82, 2.24) is 5.32 Å². The smallest absolute Gasteiger partial charge is 0.150 e. The lowest BCUT2D eigenvalue weighted by Crippen LogP contribution is -2.36. The van der Waals surface area contributed by atoms with Gasteiger partial charge < -0.3 is 5.32 Å². The zero-order valence-electron chi connectivity index (χ0n) is 9.79. The molecule has 0 aromatic carbocycles. The maximum atomic E-state index is 11.2. The van der Waals surface area contributed by atoms with E-state index in [0.717, 1.165) is 6.54 Å². The Hall–Kier alpha value is 0.200. The predicted molar refractivity (Wildman–Crippen MR) is 66.3 cm³/mol. The Balaban J connectivity index is 3.71. The molecule has 0 radical (unpaired) electrons. The highest BCUT2D eigenvalue weighted by Crippen LogP contribution is 2.03. The molecule has 0 aromatic rings. The lowest BCUT2D eigenvalue weighted by molar-refractivity contribution is 0.432. The molecule has 15 heavy (non-hydrogen) atoms. The van der Waals surface area contributed by atoms with Gasteiger partial charge in [-0.1, -0.05) is 20.8 Å². The van der Waals surface area contributed by atoms with Gasteiger partial charge in [-0.3, -0.25) is 0 Å². The quantitative estimate of drug-likeness (QED) is 0.530. The molecular formula is C10H22ClNO2S. The molecule has 0 spiro atoms. The monoisotopic (exact) mass is 255 g/mol. The van der Waals surface area contributed by atoms with E-state index in [4.69, 9.17) is 11.6 Å². The summed E-state index contributed by atoms with van der Waals surface area (Å²) in [6.07, 6.45) is 0.663. The lowest BCUT2D eigenvalue weighted by atomic mass is 10.1. The van der Waals surface area contributed by atoms with E-state index in [1.165, 1.54) is 0 Å². The molecule has 0 bridgehead atoms. The number of hydrogen-bond acceptors (Lipinski definition) is 3. The number of alkyl halides is 1. The van der Waals surface area contributed by atoms with Crippen molar-refractivity contribution in [2.45, 2.75) is 33.2 Å². The van der Waals surface area contributed by atoms with E-state index in [1.54, 1.807) is 6.92 Å². The highest BCUT2D eigenvalue weighted by atomic mass is 35.5. The van der Waals surface area contributed by atoms with E-state index >= 15 is 0 Å². The van der Waals surface area contributed by atoms with Crippen LogP contribution in [0.4, 0.5) is 0 Å². The van der Waals surface area contributed by atoms with Crippen molar-refractivity contribution in [3.05, 3.63) is 0 Å². The van der Waals surface area contributed by atoms with Gasteiger partial charge in [-0.2, -0.15) is 0 Å². The minimum atomic E-state index is -2.82. The molecule has 0 rings (SSSR count). The molecule has 0 saturated heterocycles. The number of halogens is 1. The Bertz CT molecular complexity index is 252. The third-order valence-corrected chi connectivity index (χ3v) is 4.57. The summed E-state index contributed by atoms with van der Waals surface area (Å²) in [5, 5.41) is 3.27. The minimum Gasteiger partial charge on any atom is -0.313 e. The molecule has 3 nitrogen and oxygen atoms in total. The fraction of sp³-hybridized carbons (Fsp3) is 1.00. The first kappa shape index (κ1) is 15.2. The van der Waals surface area contributed by atoms with Gasteiger partial charge in [-0.25, -0.2) is 8.42 Å². The average Bonchev–Trinajstić information content (AvgIpc) is 2.17. The van der Waals surface area contributed by atoms with Gasteiger partial charge in [0.05, 0.1) is 5.75 Å². The third kappa shape index (κ3) is 7.14. The van der Waals surface area contributed by atoms with Crippen LogP contribution in [0.15, 0.2) is 0 Å². The molecule has 0 aromatic heterocycles. The van der Waals surface area contributed by atoms with E-state index < -0.39 is 9.84 Å². The van der Waals surface area contributed by atoms with Crippen molar-refractivity contribution < 1.29 is 8.42 Å². The standard InChI is InChI=1S/C10H22ClNO2S/c1-4-15(13,14)7-5-6-12-10(8-11)9(2)3/h9-10,12H,4-8H2,1-3H3. The van der Waals surface area contributed by atoms with Crippen LogP contribution in [0.3, 0.4) is 0 Å². The van der Waals surface area contributed by atoms with Crippen molar-refractivity contribution in [2.24, 2.45) is 5.92 Å². The summed E-state index contributed by atoms with van der Waals surface area (Å²) in [6.45, 7) is 6.60. The van der Waals surface area contributed by atoms with Crippen molar-refractivity contribution in [2.75, 3.05) is 23.9 Å². The number of nitrogens with one attached hydrogen (secondary N) is 1. The van der Waals surface area contributed by atoms with Gasteiger partial charge in [-0.15, -0.1) is 11.6 Å². The maximum absolute atomic E-state index is 11.2. The Morgan fingerprint density at radius 1 is 1.33 bits per heavy atom. The van der Waals surface area contributed by atoms with Gasteiger partial charge in [0.15, 0.2) is 0 Å². The van der Waals surface area contributed by atoms with Gasteiger partial charge in [0.2, 0.25) is 0 Å². The molecule has 1 unspecified atom stereocenters. The highest BCUT2D eigenvalue weighted by Gasteiger charge is 2.11. The van der Waals surface area contributed by atoms with Crippen LogP contribution >= 0.6 is 11.6 Å². The maximum Gasteiger partial charge on any atom is 0.150 e. The van der Waals surface area contributed by atoms with E-state index in [1.807, 2.05) is 0 Å². The summed E-state index contributed by atoms with van der Waals surface area (Å²) < 4.78 is 22.4. The Labute approximate surface area is 98.5 Å². The van der Waals surface area contributed by atoms with Crippen LogP contribution in [0.2, 0.25) is 0 Å². The van der Waals surface area contributed by atoms with E-state index in [0.29, 0.717) is 18.2 Å². The molecule has 0 saturated carbocycles. The summed E-state index contributed by atoms with van der Waals surface area (Å²) in [5.41, 5.74) is 0. The summed E-state index contributed by atoms with van der Waals surface area (Å²) in [4.78, 5) is 0. The summed E-state index contributed by atoms with van der Waals surface area (Å²) >= 11 is 5.78. The van der Waals surface area contributed by atoms with E-state index in [2.05, 4.69) is 19.2 Å². The zero-order chi connectivity index (χ0) is 11.9. The van der Waals surface area contributed by atoms with Crippen LogP contribution in [0, 0.1) is 5.92 Å². The fourth-order valence-corrected chi connectivity index (χ4v) is 2.53.